The van der Waals surface area contributed by atoms with Crippen molar-refractivity contribution in [2.75, 3.05) is 13.1 Å². The van der Waals surface area contributed by atoms with Crippen molar-refractivity contribution >= 4 is 28.5 Å². The standard InChI is InChI=1S/C19H18ClN3O/c20-15-5-3-14(4-6-15)19(24)23-10-7-13(8-11-23)16-12-22-17-2-1-9-21-18(16)17/h1-6,9,12-13,22H,7-8,10-11H2. The number of aromatic amines is 1. The molecule has 0 radical (unpaired) electrons. The van der Waals surface area contributed by atoms with Gasteiger partial charge < -0.3 is 9.88 Å². The van der Waals surface area contributed by atoms with Crippen molar-refractivity contribution in [3.63, 3.8) is 0 Å². The van der Waals surface area contributed by atoms with Crippen LogP contribution in [0.5, 0.6) is 0 Å². The van der Waals surface area contributed by atoms with E-state index in [0.717, 1.165) is 37.0 Å². The van der Waals surface area contributed by atoms with Crippen LogP contribution in [0.1, 0.15) is 34.7 Å². The van der Waals surface area contributed by atoms with Gasteiger partial charge in [-0.15, -0.1) is 0 Å². The second-order valence-corrected chi connectivity index (χ2v) is 6.65. The minimum atomic E-state index is 0.0853. The van der Waals surface area contributed by atoms with Crippen LogP contribution < -0.4 is 0 Å². The number of carbonyl (C=O) groups excluding carboxylic acids is 1. The lowest BCUT2D eigenvalue weighted by Gasteiger charge is -2.32. The van der Waals surface area contributed by atoms with Crippen molar-refractivity contribution in [3.8, 4) is 0 Å². The highest BCUT2D eigenvalue weighted by Gasteiger charge is 2.26. The third kappa shape index (κ3) is 2.78. The van der Waals surface area contributed by atoms with Crippen LogP contribution in [0.25, 0.3) is 11.0 Å². The maximum absolute atomic E-state index is 12.6. The van der Waals surface area contributed by atoms with Gasteiger partial charge in [-0.05, 0) is 60.7 Å². The molecule has 0 atom stereocenters. The molecular formula is C19H18ClN3O. The number of likely N-dealkylation sites (tertiary alicyclic amines) is 1. The first-order valence-electron chi connectivity index (χ1n) is 8.19. The van der Waals surface area contributed by atoms with Crippen molar-refractivity contribution in [3.05, 3.63) is 64.9 Å². The molecule has 0 unspecified atom stereocenters. The van der Waals surface area contributed by atoms with Gasteiger partial charge >= 0.3 is 0 Å². The fraction of sp³-hybridized carbons (Fsp3) is 0.263. The summed E-state index contributed by atoms with van der Waals surface area (Å²) in [6.07, 6.45) is 5.82. The number of aromatic nitrogens is 2. The third-order valence-electron chi connectivity index (χ3n) is 4.78. The van der Waals surface area contributed by atoms with Crippen molar-refractivity contribution in [2.45, 2.75) is 18.8 Å². The molecule has 2 aromatic heterocycles. The molecule has 5 heteroatoms. The Kier molecular flexibility index (Phi) is 3.98. The van der Waals surface area contributed by atoms with Gasteiger partial charge in [-0.25, -0.2) is 0 Å². The van der Waals surface area contributed by atoms with E-state index in [1.165, 1.54) is 5.56 Å². The van der Waals surface area contributed by atoms with Gasteiger partial charge in [0.25, 0.3) is 5.91 Å². The Bertz CT molecular complexity index is 864. The molecule has 0 aliphatic carbocycles. The summed E-state index contributed by atoms with van der Waals surface area (Å²) < 4.78 is 0. The molecule has 1 aliphatic heterocycles. The number of pyridine rings is 1. The highest BCUT2D eigenvalue weighted by Crippen LogP contribution is 2.32. The van der Waals surface area contributed by atoms with Crippen molar-refractivity contribution < 1.29 is 4.79 Å². The van der Waals surface area contributed by atoms with Crippen LogP contribution in [0.4, 0.5) is 0 Å². The van der Waals surface area contributed by atoms with E-state index in [0.29, 0.717) is 16.5 Å². The third-order valence-corrected chi connectivity index (χ3v) is 5.03. The zero-order chi connectivity index (χ0) is 16.5. The SMILES string of the molecule is O=C(c1ccc(Cl)cc1)N1CCC(c2c[nH]c3cccnc23)CC1. The van der Waals surface area contributed by atoms with E-state index >= 15 is 0 Å². The van der Waals surface area contributed by atoms with Crippen LogP contribution in [0.3, 0.4) is 0 Å². The summed E-state index contributed by atoms with van der Waals surface area (Å²) in [5.41, 5.74) is 4.10. The largest absolute Gasteiger partial charge is 0.360 e. The number of carbonyl (C=O) groups is 1. The van der Waals surface area contributed by atoms with Gasteiger partial charge in [0.15, 0.2) is 0 Å². The van der Waals surface area contributed by atoms with Gasteiger partial charge in [0.2, 0.25) is 0 Å². The number of amides is 1. The molecule has 1 fully saturated rings. The molecule has 1 aromatic carbocycles. The van der Waals surface area contributed by atoms with Gasteiger partial charge in [0, 0.05) is 36.1 Å². The second-order valence-electron chi connectivity index (χ2n) is 6.22. The molecule has 24 heavy (non-hydrogen) atoms. The molecule has 1 aliphatic rings. The van der Waals surface area contributed by atoms with Gasteiger partial charge in [-0.2, -0.15) is 0 Å². The molecule has 0 bridgehead atoms. The topological polar surface area (TPSA) is 49.0 Å². The predicted octanol–water partition coefficient (Wildman–Crippen LogP) is 4.24. The van der Waals surface area contributed by atoms with Crippen LogP contribution in [0.2, 0.25) is 5.02 Å². The van der Waals surface area contributed by atoms with Crippen LogP contribution in [-0.2, 0) is 0 Å². The molecule has 0 spiro atoms. The predicted molar refractivity (Wildman–Crippen MR) is 95.4 cm³/mol. The number of halogens is 1. The molecule has 4 rings (SSSR count). The van der Waals surface area contributed by atoms with Crippen LogP contribution in [0.15, 0.2) is 48.8 Å². The number of fused-ring (bicyclic) bond motifs is 1. The highest BCUT2D eigenvalue weighted by atomic mass is 35.5. The summed E-state index contributed by atoms with van der Waals surface area (Å²) in [5, 5.41) is 0.650. The monoisotopic (exact) mass is 339 g/mol. The van der Waals surface area contributed by atoms with Gasteiger partial charge in [-0.1, -0.05) is 11.6 Å². The van der Waals surface area contributed by atoms with Crippen molar-refractivity contribution in [1.82, 2.24) is 14.9 Å². The number of H-pyrrole nitrogens is 1. The van der Waals surface area contributed by atoms with E-state index < -0.39 is 0 Å². The Labute approximate surface area is 145 Å². The lowest BCUT2D eigenvalue weighted by molar-refractivity contribution is 0.0713. The first-order chi connectivity index (χ1) is 11.7. The van der Waals surface area contributed by atoms with Crippen LogP contribution >= 0.6 is 11.6 Å². The Morgan fingerprint density at radius 1 is 1.17 bits per heavy atom. The Balaban J connectivity index is 1.47. The van der Waals surface area contributed by atoms with Gasteiger partial charge in [0.1, 0.15) is 0 Å². The van der Waals surface area contributed by atoms with Gasteiger partial charge in [-0.3, -0.25) is 9.78 Å². The van der Waals surface area contributed by atoms with E-state index in [1.54, 1.807) is 24.3 Å². The lowest BCUT2D eigenvalue weighted by atomic mass is 9.90. The maximum Gasteiger partial charge on any atom is 0.253 e. The molecule has 3 heterocycles. The smallest absolute Gasteiger partial charge is 0.253 e. The summed E-state index contributed by atoms with van der Waals surface area (Å²) in [7, 11) is 0. The second kappa shape index (κ2) is 6.29. The Morgan fingerprint density at radius 3 is 2.67 bits per heavy atom. The average molecular weight is 340 g/mol. The average Bonchev–Trinajstić information content (AvgIpc) is 3.06. The number of hydrogen-bond acceptors (Lipinski definition) is 2. The van der Waals surface area contributed by atoms with E-state index in [-0.39, 0.29) is 5.91 Å². The molecule has 1 N–H and O–H groups in total. The van der Waals surface area contributed by atoms with E-state index in [1.807, 2.05) is 23.2 Å². The van der Waals surface area contributed by atoms with E-state index in [2.05, 4.69) is 16.2 Å². The number of hydrogen-bond donors (Lipinski definition) is 1. The van der Waals surface area contributed by atoms with Gasteiger partial charge in [0.05, 0.1) is 11.0 Å². The van der Waals surface area contributed by atoms with Crippen molar-refractivity contribution in [1.29, 1.82) is 0 Å². The molecule has 4 nitrogen and oxygen atoms in total. The Hall–Kier alpha value is -2.33. The molecular weight excluding hydrogens is 322 g/mol. The summed E-state index contributed by atoms with van der Waals surface area (Å²) in [6.45, 7) is 1.54. The molecule has 122 valence electrons. The number of benzene rings is 1. The van der Waals surface area contributed by atoms with E-state index in [4.69, 9.17) is 11.6 Å². The summed E-state index contributed by atoms with van der Waals surface area (Å²) >= 11 is 5.89. The first-order valence-corrected chi connectivity index (χ1v) is 8.57. The molecule has 1 amide bonds. The zero-order valence-corrected chi connectivity index (χ0v) is 14.0. The number of piperidine rings is 1. The first kappa shape index (κ1) is 15.2. The normalized spacial score (nSPS) is 15.8. The van der Waals surface area contributed by atoms with E-state index in [9.17, 15) is 4.79 Å². The fourth-order valence-corrected chi connectivity index (χ4v) is 3.58. The van der Waals surface area contributed by atoms with Crippen molar-refractivity contribution in [2.24, 2.45) is 0 Å². The Morgan fingerprint density at radius 2 is 1.92 bits per heavy atom. The zero-order valence-electron chi connectivity index (χ0n) is 13.2. The number of nitrogens with zero attached hydrogens (tertiary/aromatic N) is 2. The van der Waals surface area contributed by atoms with Crippen LogP contribution in [-0.4, -0.2) is 33.9 Å². The summed E-state index contributed by atoms with van der Waals surface area (Å²) in [6, 6.07) is 11.1. The maximum atomic E-state index is 12.6. The number of nitrogens with one attached hydrogen (secondary N) is 1. The highest BCUT2D eigenvalue weighted by molar-refractivity contribution is 6.30. The van der Waals surface area contributed by atoms with Crippen LogP contribution in [0, 0.1) is 0 Å². The molecule has 0 saturated carbocycles. The quantitative estimate of drug-likeness (QED) is 0.759. The summed E-state index contributed by atoms with van der Waals surface area (Å²) in [5.74, 6) is 0.532. The lowest BCUT2D eigenvalue weighted by Crippen LogP contribution is -2.37. The minimum absolute atomic E-state index is 0.0853. The summed E-state index contributed by atoms with van der Waals surface area (Å²) in [4.78, 5) is 22.3. The minimum Gasteiger partial charge on any atom is -0.360 e. The fourth-order valence-electron chi connectivity index (χ4n) is 3.46. The molecule has 1 saturated heterocycles. The number of rotatable bonds is 2. The molecule has 3 aromatic rings.